The van der Waals surface area contributed by atoms with Crippen LogP contribution in [0, 0.1) is 0 Å². The van der Waals surface area contributed by atoms with Gasteiger partial charge >= 0.3 is 0 Å². The highest BCUT2D eigenvalue weighted by molar-refractivity contribution is 5.82. The Morgan fingerprint density at radius 2 is 1.89 bits per heavy atom. The van der Waals surface area contributed by atoms with Gasteiger partial charge in [0, 0.05) is 6.54 Å². The number of fused-ring (bicyclic) bond motifs is 1. The van der Waals surface area contributed by atoms with Gasteiger partial charge in [0.15, 0.2) is 23.2 Å². The number of benzene rings is 1. The molecule has 1 fully saturated rings. The van der Waals surface area contributed by atoms with E-state index >= 15 is 0 Å². The van der Waals surface area contributed by atoms with Crippen molar-refractivity contribution in [2.45, 2.75) is 31.0 Å². The first-order valence-electron chi connectivity index (χ1n) is 8.77. The van der Waals surface area contributed by atoms with Crippen LogP contribution in [0.2, 0.25) is 0 Å². The lowest BCUT2D eigenvalue weighted by atomic mass is 10.1. The van der Waals surface area contributed by atoms with Gasteiger partial charge in [-0.05, 0) is 12.0 Å². The minimum Gasteiger partial charge on any atom is -0.394 e. The molecule has 0 amide bonds. The molecule has 9 nitrogen and oxygen atoms in total. The van der Waals surface area contributed by atoms with Crippen LogP contribution in [0.4, 0.5) is 5.82 Å². The van der Waals surface area contributed by atoms with Crippen LogP contribution in [0.3, 0.4) is 0 Å². The van der Waals surface area contributed by atoms with Crippen LogP contribution >= 0.6 is 0 Å². The van der Waals surface area contributed by atoms with Crippen molar-refractivity contribution in [3.63, 3.8) is 0 Å². The standard InChI is InChI=1S/C18H21N5O4/c24-8-12-14(25)15(26)18(27-12)23-10-22-13-16(20-9-21-17(13)23)19-7-6-11-4-2-1-3-5-11/h1-5,9-10,12,14-15,18,24-26H,6-8H2,(H,19,20,21)/t12-,14-,15+,18-/m0/s1. The Morgan fingerprint density at radius 1 is 1.07 bits per heavy atom. The molecule has 142 valence electrons. The average Bonchev–Trinajstić information content (AvgIpc) is 3.25. The number of hydrogen-bond acceptors (Lipinski definition) is 8. The van der Waals surface area contributed by atoms with Gasteiger partial charge in [-0.1, -0.05) is 30.3 Å². The summed E-state index contributed by atoms with van der Waals surface area (Å²) in [7, 11) is 0. The van der Waals surface area contributed by atoms with Crippen molar-refractivity contribution in [1.29, 1.82) is 0 Å². The molecular weight excluding hydrogens is 350 g/mol. The third-order valence-corrected chi connectivity index (χ3v) is 4.70. The number of anilines is 1. The maximum Gasteiger partial charge on any atom is 0.167 e. The van der Waals surface area contributed by atoms with Gasteiger partial charge in [-0.15, -0.1) is 0 Å². The normalized spacial score (nSPS) is 25.1. The van der Waals surface area contributed by atoms with E-state index in [1.54, 1.807) is 4.57 Å². The number of imidazole rings is 1. The van der Waals surface area contributed by atoms with Crippen LogP contribution in [0.1, 0.15) is 11.8 Å². The molecule has 4 N–H and O–H groups in total. The molecule has 0 bridgehead atoms. The van der Waals surface area contributed by atoms with E-state index in [0.717, 1.165) is 6.42 Å². The second-order valence-corrected chi connectivity index (χ2v) is 6.44. The number of nitrogens with one attached hydrogen (secondary N) is 1. The van der Waals surface area contributed by atoms with E-state index < -0.39 is 24.5 Å². The van der Waals surface area contributed by atoms with Crippen LogP contribution in [-0.4, -0.2) is 66.3 Å². The smallest absolute Gasteiger partial charge is 0.167 e. The number of ether oxygens (including phenoxy) is 1. The van der Waals surface area contributed by atoms with Crippen LogP contribution in [0.25, 0.3) is 11.2 Å². The number of hydrogen-bond donors (Lipinski definition) is 4. The predicted molar refractivity (Wildman–Crippen MR) is 97.0 cm³/mol. The van der Waals surface area contributed by atoms with Crippen molar-refractivity contribution >= 4 is 17.0 Å². The first-order valence-corrected chi connectivity index (χ1v) is 8.77. The van der Waals surface area contributed by atoms with Crippen molar-refractivity contribution in [3.8, 4) is 0 Å². The molecule has 3 heterocycles. The molecule has 1 aromatic carbocycles. The second kappa shape index (κ2) is 7.57. The zero-order valence-corrected chi connectivity index (χ0v) is 14.5. The zero-order valence-electron chi connectivity index (χ0n) is 14.5. The van der Waals surface area contributed by atoms with E-state index in [2.05, 4.69) is 32.4 Å². The fraction of sp³-hybridized carbons (Fsp3) is 0.389. The van der Waals surface area contributed by atoms with Crippen molar-refractivity contribution in [2.24, 2.45) is 0 Å². The zero-order chi connectivity index (χ0) is 18.8. The van der Waals surface area contributed by atoms with E-state index in [1.165, 1.54) is 18.2 Å². The Kier molecular flexibility index (Phi) is 4.99. The topological polar surface area (TPSA) is 126 Å². The highest BCUT2D eigenvalue weighted by Gasteiger charge is 2.44. The van der Waals surface area contributed by atoms with Gasteiger partial charge in [-0.25, -0.2) is 15.0 Å². The maximum absolute atomic E-state index is 10.2. The lowest BCUT2D eigenvalue weighted by Crippen LogP contribution is -2.33. The van der Waals surface area contributed by atoms with Crippen LogP contribution < -0.4 is 5.32 Å². The van der Waals surface area contributed by atoms with Gasteiger partial charge in [-0.3, -0.25) is 4.57 Å². The highest BCUT2D eigenvalue weighted by atomic mass is 16.6. The lowest BCUT2D eigenvalue weighted by Gasteiger charge is -2.16. The fourth-order valence-electron chi connectivity index (χ4n) is 3.25. The molecular formula is C18H21N5O4. The molecule has 2 aromatic heterocycles. The fourth-order valence-corrected chi connectivity index (χ4v) is 3.25. The summed E-state index contributed by atoms with van der Waals surface area (Å²) >= 11 is 0. The first kappa shape index (κ1) is 17.8. The Balaban J connectivity index is 1.53. The minimum absolute atomic E-state index is 0.386. The molecule has 0 saturated carbocycles. The summed E-state index contributed by atoms with van der Waals surface area (Å²) in [6.45, 7) is 0.291. The van der Waals surface area contributed by atoms with E-state index in [9.17, 15) is 15.3 Å². The monoisotopic (exact) mass is 371 g/mol. The van der Waals surface area contributed by atoms with Gasteiger partial charge in [0.2, 0.25) is 0 Å². The highest BCUT2D eigenvalue weighted by Crippen LogP contribution is 2.32. The minimum atomic E-state index is -1.19. The summed E-state index contributed by atoms with van der Waals surface area (Å²) in [5, 5.41) is 32.7. The van der Waals surface area contributed by atoms with Gasteiger partial charge in [0.05, 0.1) is 12.9 Å². The van der Waals surface area contributed by atoms with E-state index in [-0.39, 0.29) is 6.61 Å². The molecule has 0 radical (unpaired) electrons. The molecule has 9 heteroatoms. The quantitative estimate of drug-likeness (QED) is 0.480. The Morgan fingerprint density at radius 3 is 2.63 bits per heavy atom. The van der Waals surface area contributed by atoms with Crippen molar-refractivity contribution in [3.05, 3.63) is 48.5 Å². The van der Waals surface area contributed by atoms with E-state index in [0.29, 0.717) is 23.5 Å². The summed E-state index contributed by atoms with van der Waals surface area (Å²) in [6.07, 6.45) is -0.370. The van der Waals surface area contributed by atoms with Gasteiger partial charge in [-0.2, -0.15) is 0 Å². The molecule has 3 aromatic rings. The Labute approximate surface area is 155 Å². The molecule has 1 aliphatic heterocycles. The number of rotatable bonds is 6. The summed E-state index contributed by atoms with van der Waals surface area (Å²) in [4.78, 5) is 12.8. The van der Waals surface area contributed by atoms with E-state index in [4.69, 9.17) is 4.74 Å². The van der Waals surface area contributed by atoms with Gasteiger partial charge in [0.25, 0.3) is 0 Å². The number of nitrogens with zero attached hydrogens (tertiary/aromatic N) is 4. The van der Waals surface area contributed by atoms with Gasteiger partial charge in [0.1, 0.15) is 24.6 Å². The lowest BCUT2D eigenvalue weighted by molar-refractivity contribution is -0.0511. The van der Waals surface area contributed by atoms with Crippen molar-refractivity contribution < 1.29 is 20.1 Å². The summed E-state index contributed by atoms with van der Waals surface area (Å²) < 4.78 is 7.10. The molecule has 1 saturated heterocycles. The molecule has 4 rings (SSSR count). The third kappa shape index (κ3) is 3.37. The average molecular weight is 371 g/mol. The van der Waals surface area contributed by atoms with Gasteiger partial charge < -0.3 is 25.4 Å². The number of aromatic nitrogens is 4. The van der Waals surface area contributed by atoms with E-state index in [1.807, 2.05) is 18.2 Å². The molecule has 27 heavy (non-hydrogen) atoms. The Hall–Kier alpha value is -2.59. The first-order chi connectivity index (χ1) is 13.2. The molecule has 4 atom stereocenters. The van der Waals surface area contributed by atoms with Crippen LogP contribution in [-0.2, 0) is 11.2 Å². The molecule has 1 aliphatic rings. The summed E-state index contributed by atoms with van der Waals surface area (Å²) in [5.74, 6) is 0.585. The summed E-state index contributed by atoms with van der Waals surface area (Å²) in [6, 6.07) is 10.1. The number of aliphatic hydroxyl groups is 3. The molecule has 0 unspecified atom stereocenters. The molecule has 0 spiro atoms. The SMILES string of the molecule is OC[C@@H]1O[C@H](n2cnc3c(NCCc4ccccc4)ncnc32)[C@H](O)[C@H]1O. The maximum atomic E-state index is 10.2. The largest absolute Gasteiger partial charge is 0.394 e. The second-order valence-electron chi connectivity index (χ2n) is 6.44. The van der Waals surface area contributed by atoms with Crippen LogP contribution in [0.15, 0.2) is 43.0 Å². The van der Waals surface area contributed by atoms with Crippen molar-refractivity contribution in [1.82, 2.24) is 19.5 Å². The predicted octanol–water partition coefficient (Wildman–Crippen LogP) is 0.0924. The number of aliphatic hydroxyl groups excluding tert-OH is 3. The summed E-state index contributed by atoms with van der Waals surface area (Å²) in [5.41, 5.74) is 2.23. The van der Waals surface area contributed by atoms with Crippen LogP contribution in [0.5, 0.6) is 0 Å². The third-order valence-electron chi connectivity index (χ3n) is 4.70. The molecule has 0 aliphatic carbocycles. The Bertz CT molecular complexity index is 903. The van der Waals surface area contributed by atoms with Crippen molar-refractivity contribution in [2.75, 3.05) is 18.5 Å².